The molecule has 6 nitrogen and oxygen atoms in total. The van der Waals surface area contributed by atoms with Crippen LogP contribution in [-0.2, 0) is 7.05 Å². The number of aromatic nitrogens is 2. The highest BCUT2D eigenvalue weighted by atomic mass is 32.2. The molecule has 0 amide bonds. The molecule has 1 aliphatic heterocycles. The molecule has 2 rings (SSSR count). The third kappa shape index (κ3) is 2.29. The fraction of sp³-hybridized carbons (Fsp3) is 0.667. The van der Waals surface area contributed by atoms with E-state index in [4.69, 9.17) is 0 Å². The molecule has 0 radical (unpaired) electrons. The van der Waals surface area contributed by atoms with Crippen molar-refractivity contribution in [2.24, 2.45) is 7.05 Å². The Morgan fingerprint density at radius 3 is 2.94 bits per heavy atom. The lowest BCUT2D eigenvalue weighted by molar-refractivity contribution is -0.388. The molecule has 1 fully saturated rings. The number of anilines is 1. The molecule has 2 heterocycles. The third-order valence-corrected chi connectivity index (χ3v) is 3.70. The molecule has 1 saturated heterocycles. The number of nitro groups is 1. The van der Waals surface area contributed by atoms with E-state index in [2.05, 4.69) is 10.3 Å². The molecule has 0 aliphatic carbocycles. The first kappa shape index (κ1) is 11.3. The molecule has 7 heteroatoms. The summed E-state index contributed by atoms with van der Waals surface area (Å²) < 4.78 is 1.67. The lowest BCUT2D eigenvalue weighted by Crippen LogP contribution is -2.25. The highest BCUT2D eigenvalue weighted by molar-refractivity contribution is 7.99. The number of hydrogen-bond donors (Lipinski definition) is 1. The SMILES string of the molecule is Cn1cnc([N+](=O)[O-])c1NC1CCSCC1. The minimum absolute atomic E-state index is 0.0827. The maximum Gasteiger partial charge on any atom is 0.406 e. The van der Waals surface area contributed by atoms with E-state index < -0.39 is 4.92 Å². The van der Waals surface area contributed by atoms with Gasteiger partial charge in [-0.3, -0.25) is 4.57 Å². The van der Waals surface area contributed by atoms with E-state index in [0.717, 1.165) is 24.3 Å². The molecule has 1 aromatic heterocycles. The van der Waals surface area contributed by atoms with E-state index in [1.54, 1.807) is 11.6 Å². The van der Waals surface area contributed by atoms with E-state index in [1.165, 1.54) is 6.33 Å². The van der Waals surface area contributed by atoms with Crippen molar-refractivity contribution in [1.82, 2.24) is 9.55 Å². The number of rotatable bonds is 3. The minimum Gasteiger partial charge on any atom is -0.361 e. The zero-order chi connectivity index (χ0) is 11.5. The maximum atomic E-state index is 10.8. The third-order valence-electron chi connectivity index (χ3n) is 2.65. The van der Waals surface area contributed by atoms with Crippen LogP contribution in [0, 0.1) is 10.1 Å². The molecular weight excluding hydrogens is 228 g/mol. The van der Waals surface area contributed by atoms with Crippen molar-refractivity contribution < 1.29 is 4.92 Å². The zero-order valence-corrected chi connectivity index (χ0v) is 9.87. The van der Waals surface area contributed by atoms with Crippen LogP contribution in [0.25, 0.3) is 0 Å². The van der Waals surface area contributed by atoms with Gasteiger partial charge in [-0.2, -0.15) is 11.8 Å². The molecule has 0 bridgehead atoms. The van der Waals surface area contributed by atoms with Gasteiger partial charge in [0.15, 0.2) is 0 Å². The van der Waals surface area contributed by atoms with Crippen LogP contribution >= 0.6 is 11.8 Å². The quantitative estimate of drug-likeness (QED) is 0.644. The van der Waals surface area contributed by atoms with E-state index in [0.29, 0.717) is 11.9 Å². The number of nitrogens with one attached hydrogen (secondary N) is 1. The Balaban J connectivity index is 2.12. The molecule has 1 aliphatic rings. The Morgan fingerprint density at radius 2 is 2.31 bits per heavy atom. The summed E-state index contributed by atoms with van der Waals surface area (Å²) >= 11 is 1.93. The van der Waals surface area contributed by atoms with Crippen molar-refractivity contribution in [3.05, 3.63) is 16.4 Å². The summed E-state index contributed by atoms with van der Waals surface area (Å²) in [5, 5.41) is 14.0. The van der Waals surface area contributed by atoms with E-state index in [1.807, 2.05) is 11.8 Å². The van der Waals surface area contributed by atoms with Gasteiger partial charge in [0.2, 0.25) is 12.1 Å². The lowest BCUT2D eigenvalue weighted by atomic mass is 10.1. The van der Waals surface area contributed by atoms with Crippen LogP contribution in [-0.4, -0.2) is 32.0 Å². The van der Waals surface area contributed by atoms with Crippen LogP contribution in [0.15, 0.2) is 6.33 Å². The van der Waals surface area contributed by atoms with Crippen LogP contribution in [0.2, 0.25) is 0 Å². The number of aryl methyl sites for hydroxylation is 1. The molecule has 16 heavy (non-hydrogen) atoms. The molecule has 0 saturated carbocycles. The van der Waals surface area contributed by atoms with Crippen LogP contribution in [0.3, 0.4) is 0 Å². The van der Waals surface area contributed by atoms with Crippen molar-refractivity contribution in [3.8, 4) is 0 Å². The molecule has 0 atom stereocenters. The van der Waals surface area contributed by atoms with Gasteiger partial charge in [-0.25, -0.2) is 0 Å². The monoisotopic (exact) mass is 242 g/mol. The second kappa shape index (κ2) is 4.73. The van der Waals surface area contributed by atoms with Crippen molar-refractivity contribution in [2.45, 2.75) is 18.9 Å². The summed E-state index contributed by atoms with van der Waals surface area (Å²) in [5.41, 5.74) is 0. The van der Waals surface area contributed by atoms with Gasteiger partial charge in [0.05, 0.1) is 0 Å². The number of hydrogen-bond acceptors (Lipinski definition) is 5. The van der Waals surface area contributed by atoms with Crippen molar-refractivity contribution >= 4 is 23.4 Å². The molecular formula is C9H14N4O2S. The standard InChI is InChI=1S/C9H14N4O2S/c1-12-6-10-8(13(14)15)9(12)11-7-2-4-16-5-3-7/h6-7,11H,2-5H2,1H3. The average Bonchev–Trinajstić information content (AvgIpc) is 2.62. The molecule has 88 valence electrons. The lowest BCUT2D eigenvalue weighted by Gasteiger charge is -2.22. The van der Waals surface area contributed by atoms with Crippen molar-refractivity contribution in [3.63, 3.8) is 0 Å². The number of thioether (sulfide) groups is 1. The summed E-state index contributed by atoms with van der Waals surface area (Å²) in [6.45, 7) is 0. The van der Waals surface area contributed by atoms with Gasteiger partial charge < -0.3 is 15.4 Å². The Bertz CT molecular complexity index is 387. The van der Waals surface area contributed by atoms with E-state index in [9.17, 15) is 10.1 Å². The number of imidazole rings is 1. The van der Waals surface area contributed by atoms with Crippen molar-refractivity contribution in [1.29, 1.82) is 0 Å². The first-order valence-corrected chi connectivity index (χ1v) is 6.34. The van der Waals surface area contributed by atoms with E-state index in [-0.39, 0.29) is 5.82 Å². The first-order chi connectivity index (χ1) is 7.68. The average molecular weight is 242 g/mol. The van der Waals surface area contributed by atoms with Gasteiger partial charge in [-0.05, 0) is 34.3 Å². The molecule has 0 unspecified atom stereocenters. The summed E-state index contributed by atoms with van der Waals surface area (Å²) in [6.07, 6.45) is 3.57. The number of nitrogens with zero attached hydrogens (tertiary/aromatic N) is 3. The highest BCUT2D eigenvalue weighted by Crippen LogP contribution is 2.26. The summed E-state index contributed by atoms with van der Waals surface area (Å²) in [5.74, 6) is 2.66. The molecule has 1 aromatic rings. The van der Waals surface area contributed by atoms with E-state index >= 15 is 0 Å². The van der Waals surface area contributed by atoms with Gasteiger partial charge in [-0.1, -0.05) is 0 Å². The van der Waals surface area contributed by atoms with Crippen LogP contribution in [0.5, 0.6) is 0 Å². The second-order valence-electron chi connectivity index (χ2n) is 3.82. The van der Waals surface area contributed by atoms with Gasteiger partial charge >= 0.3 is 5.82 Å². The molecule has 0 aromatic carbocycles. The predicted octanol–water partition coefficient (Wildman–Crippen LogP) is 1.64. The Hall–Kier alpha value is -1.24. The van der Waals surface area contributed by atoms with Gasteiger partial charge in [0.25, 0.3) is 0 Å². The Kier molecular flexibility index (Phi) is 3.33. The van der Waals surface area contributed by atoms with Crippen molar-refractivity contribution in [2.75, 3.05) is 16.8 Å². The highest BCUT2D eigenvalue weighted by Gasteiger charge is 2.23. The minimum atomic E-state index is -0.445. The summed E-state index contributed by atoms with van der Waals surface area (Å²) in [6, 6.07) is 0.329. The van der Waals surface area contributed by atoms with Crippen LogP contribution in [0.4, 0.5) is 11.6 Å². The fourth-order valence-corrected chi connectivity index (χ4v) is 2.86. The topological polar surface area (TPSA) is 73.0 Å². The summed E-state index contributed by atoms with van der Waals surface area (Å²) in [7, 11) is 1.76. The maximum absolute atomic E-state index is 10.8. The van der Waals surface area contributed by atoms with Gasteiger partial charge in [0, 0.05) is 13.1 Å². The summed E-state index contributed by atoms with van der Waals surface area (Å²) in [4.78, 5) is 14.1. The zero-order valence-electron chi connectivity index (χ0n) is 9.05. The first-order valence-electron chi connectivity index (χ1n) is 5.18. The smallest absolute Gasteiger partial charge is 0.361 e. The largest absolute Gasteiger partial charge is 0.406 e. The van der Waals surface area contributed by atoms with Gasteiger partial charge in [-0.15, -0.1) is 0 Å². The molecule has 0 spiro atoms. The van der Waals surface area contributed by atoms with Gasteiger partial charge in [0.1, 0.15) is 0 Å². The molecule has 1 N–H and O–H groups in total. The predicted molar refractivity (Wildman–Crippen MR) is 63.8 cm³/mol. The Morgan fingerprint density at radius 1 is 1.62 bits per heavy atom. The second-order valence-corrected chi connectivity index (χ2v) is 5.04. The normalized spacial score (nSPS) is 17.3. The Labute approximate surface area is 97.6 Å². The van der Waals surface area contributed by atoms with Crippen LogP contribution in [0.1, 0.15) is 12.8 Å². The van der Waals surface area contributed by atoms with Crippen LogP contribution < -0.4 is 5.32 Å². The fourth-order valence-electron chi connectivity index (χ4n) is 1.75.